The first kappa shape index (κ1) is 18.8. The number of benzene rings is 2. The molecule has 0 radical (unpaired) electrons. The molecule has 26 heavy (non-hydrogen) atoms. The number of rotatable bonds is 5. The van der Waals surface area contributed by atoms with Gasteiger partial charge in [-0.3, -0.25) is 4.90 Å². The quantitative estimate of drug-likeness (QED) is 0.889. The fourth-order valence-corrected chi connectivity index (χ4v) is 2.12. The lowest BCUT2D eigenvalue weighted by Crippen LogP contribution is -2.34. The summed E-state index contributed by atoms with van der Waals surface area (Å²) in [7, 11) is 3.26. The molecule has 0 aliphatic rings. The van der Waals surface area contributed by atoms with Crippen molar-refractivity contribution in [1.82, 2.24) is 4.90 Å². The number of ether oxygens (including phenoxy) is 1. The zero-order valence-corrected chi connectivity index (χ0v) is 14.7. The number of nitrogens with zero attached hydrogens (tertiary/aromatic N) is 3. The lowest BCUT2D eigenvalue weighted by molar-refractivity contribution is 0.207. The Morgan fingerprint density at radius 1 is 1.12 bits per heavy atom. The van der Waals surface area contributed by atoms with Gasteiger partial charge in [0.2, 0.25) is 0 Å². The van der Waals surface area contributed by atoms with Gasteiger partial charge in [0.15, 0.2) is 0 Å². The van der Waals surface area contributed by atoms with E-state index in [4.69, 9.17) is 10.00 Å². The molecule has 0 bridgehead atoms. The molecule has 2 rings (SSSR count). The predicted molar refractivity (Wildman–Crippen MR) is 99.2 cm³/mol. The number of para-hydroxylation sites is 1. The van der Waals surface area contributed by atoms with Crippen molar-refractivity contribution in [1.29, 1.82) is 5.26 Å². The summed E-state index contributed by atoms with van der Waals surface area (Å²) in [5.74, 6) is 0.296. The van der Waals surface area contributed by atoms with Gasteiger partial charge >= 0.3 is 12.1 Å². The second-order valence-corrected chi connectivity index (χ2v) is 5.62. The molecule has 7 nitrogen and oxygen atoms in total. The Morgan fingerprint density at radius 3 is 2.50 bits per heavy atom. The fourth-order valence-electron chi connectivity index (χ4n) is 2.12. The smallest absolute Gasteiger partial charge is 0.410 e. The second-order valence-electron chi connectivity index (χ2n) is 5.62. The highest BCUT2D eigenvalue weighted by Crippen LogP contribution is 2.21. The molecule has 0 unspecified atom stereocenters. The average Bonchev–Trinajstić information content (AvgIpc) is 2.63. The summed E-state index contributed by atoms with van der Waals surface area (Å²) in [5.41, 5.74) is 1.15. The lowest BCUT2D eigenvalue weighted by atomic mass is 10.3. The van der Waals surface area contributed by atoms with E-state index in [1.54, 1.807) is 62.6 Å². The van der Waals surface area contributed by atoms with Crippen molar-refractivity contribution in [2.24, 2.45) is 0 Å². The van der Waals surface area contributed by atoms with Crippen LogP contribution in [0.25, 0.3) is 0 Å². The Balaban J connectivity index is 2.13. The predicted octanol–water partition coefficient (Wildman–Crippen LogP) is 3.70. The van der Waals surface area contributed by atoms with Crippen molar-refractivity contribution in [3.63, 3.8) is 0 Å². The maximum Gasteiger partial charge on any atom is 0.419 e. The zero-order valence-electron chi connectivity index (χ0n) is 14.7. The number of urea groups is 1. The highest BCUT2D eigenvalue weighted by Gasteiger charge is 2.18. The molecule has 0 saturated carbocycles. The van der Waals surface area contributed by atoms with Crippen LogP contribution >= 0.6 is 0 Å². The minimum absolute atomic E-state index is 0.183. The summed E-state index contributed by atoms with van der Waals surface area (Å²) in [6.45, 7) is 0.219. The molecule has 0 heterocycles. The molecule has 0 aromatic heterocycles. The Bertz CT molecular complexity index is 800. The third-order valence-electron chi connectivity index (χ3n) is 3.43. The topological polar surface area (TPSA) is 85.7 Å². The van der Waals surface area contributed by atoms with Crippen LogP contribution in [0.1, 0.15) is 6.42 Å². The van der Waals surface area contributed by atoms with Gasteiger partial charge in [0, 0.05) is 38.1 Å². The van der Waals surface area contributed by atoms with Crippen molar-refractivity contribution in [2.75, 3.05) is 30.9 Å². The Labute approximate surface area is 152 Å². The number of amides is 3. The van der Waals surface area contributed by atoms with Crippen molar-refractivity contribution >= 4 is 23.5 Å². The second kappa shape index (κ2) is 9.08. The minimum atomic E-state index is -0.595. The van der Waals surface area contributed by atoms with Gasteiger partial charge in [0.05, 0.1) is 12.5 Å². The number of carbonyl (C=O) groups excluding carboxylic acids is 2. The molecular weight excluding hydrogens is 332 g/mol. The van der Waals surface area contributed by atoms with E-state index < -0.39 is 6.09 Å². The summed E-state index contributed by atoms with van der Waals surface area (Å²) in [4.78, 5) is 27.1. The van der Waals surface area contributed by atoms with E-state index in [0.29, 0.717) is 17.1 Å². The molecule has 0 aliphatic heterocycles. The SMILES string of the molecule is CN(C)C(=O)Nc1cccc(OC(=O)N(CCC#N)c2ccccc2)c1. The van der Waals surface area contributed by atoms with Crippen molar-refractivity contribution in [3.8, 4) is 11.8 Å². The maximum absolute atomic E-state index is 12.6. The van der Waals surface area contributed by atoms with E-state index in [-0.39, 0.29) is 19.0 Å². The van der Waals surface area contributed by atoms with Crippen LogP contribution in [0.3, 0.4) is 0 Å². The number of nitriles is 1. The van der Waals surface area contributed by atoms with Gasteiger partial charge in [-0.25, -0.2) is 9.59 Å². The Hall–Kier alpha value is -3.53. The van der Waals surface area contributed by atoms with E-state index in [1.165, 1.54) is 9.80 Å². The van der Waals surface area contributed by atoms with Gasteiger partial charge in [-0.1, -0.05) is 24.3 Å². The van der Waals surface area contributed by atoms with Gasteiger partial charge in [-0.15, -0.1) is 0 Å². The Kier molecular flexibility index (Phi) is 6.57. The van der Waals surface area contributed by atoms with Crippen LogP contribution in [0, 0.1) is 11.3 Å². The third-order valence-corrected chi connectivity index (χ3v) is 3.43. The molecule has 0 spiro atoms. The zero-order chi connectivity index (χ0) is 18.9. The van der Waals surface area contributed by atoms with Gasteiger partial charge < -0.3 is 15.0 Å². The van der Waals surface area contributed by atoms with E-state index in [9.17, 15) is 9.59 Å². The molecule has 0 saturated heterocycles. The highest BCUT2D eigenvalue weighted by molar-refractivity contribution is 5.90. The van der Waals surface area contributed by atoms with Crippen LogP contribution in [0.4, 0.5) is 21.0 Å². The first-order valence-electron chi connectivity index (χ1n) is 8.01. The van der Waals surface area contributed by atoms with E-state index in [0.717, 1.165) is 0 Å². The number of hydrogen-bond acceptors (Lipinski definition) is 4. The summed E-state index contributed by atoms with van der Waals surface area (Å²) >= 11 is 0. The number of hydrogen-bond donors (Lipinski definition) is 1. The first-order valence-corrected chi connectivity index (χ1v) is 8.01. The molecule has 0 aliphatic carbocycles. The average molecular weight is 352 g/mol. The van der Waals surface area contributed by atoms with Crippen molar-refractivity contribution in [2.45, 2.75) is 6.42 Å². The van der Waals surface area contributed by atoms with Crippen molar-refractivity contribution < 1.29 is 14.3 Å². The normalized spacial score (nSPS) is 9.73. The molecule has 2 aromatic carbocycles. The van der Waals surface area contributed by atoms with Crippen molar-refractivity contribution in [3.05, 3.63) is 54.6 Å². The molecule has 0 fully saturated rings. The fraction of sp³-hybridized carbons (Fsp3) is 0.211. The monoisotopic (exact) mass is 352 g/mol. The summed E-state index contributed by atoms with van der Waals surface area (Å²) in [6.07, 6.45) is -0.411. The summed E-state index contributed by atoms with van der Waals surface area (Å²) < 4.78 is 5.42. The molecule has 1 N–H and O–H groups in total. The van der Waals surface area contributed by atoms with Gasteiger partial charge in [0.1, 0.15) is 5.75 Å². The molecule has 3 amide bonds. The van der Waals surface area contributed by atoms with Crippen LogP contribution in [0.2, 0.25) is 0 Å². The molecule has 2 aromatic rings. The minimum Gasteiger partial charge on any atom is -0.410 e. The van der Waals surface area contributed by atoms with Crippen LogP contribution in [-0.4, -0.2) is 37.7 Å². The number of nitrogens with one attached hydrogen (secondary N) is 1. The Morgan fingerprint density at radius 2 is 1.85 bits per heavy atom. The van der Waals surface area contributed by atoms with Crippen LogP contribution in [-0.2, 0) is 0 Å². The summed E-state index contributed by atoms with van der Waals surface area (Å²) in [6, 6.07) is 17.3. The standard InChI is InChI=1S/C19H20N4O3/c1-22(2)18(24)21-15-8-6-11-17(14-15)26-19(25)23(13-7-12-20)16-9-4-3-5-10-16/h3-6,8-11,14H,7,13H2,1-2H3,(H,21,24). The lowest BCUT2D eigenvalue weighted by Gasteiger charge is -2.21. The third kappa shape index (κ3) is 5.24. The van der Waals surface area contributed by atoms with Gasteiger partial charge in [-0.2, -0.15) is 5.26 Å². The van der Waals surface area contributed by atoms with Gasteiger partial charge in [-0.05, 0) is 24.3 Å². The molecule has 7 heteroatoms. The number of carbonyl (C=O) groups is 2. The summed E-state index contributed by atoms with van der Waals surface area (Å²) in [5, 5.41) is 11.5. The molecular formula is C19H20N4O3. The van der Waals surface area contributed by atoms with E-state index >= 15 is 0 Å². The maximum atomic E-state index is 12.6. The number of anilines is 2. The van der Waals surface area contributed by atoms with Gasteiger partial charge in [0.25, 0.3) is 0 Å². The van der Waals surface area contributed by atoms with E-state index in [2.05, 4.69) is 5.32 Å². The molecule has 134 valence electrons. The van der Waals surface area contributed by atoms with Crippen LogP contribution in [0.5, 0.6) is 5.75 Å². The van der Waals surface area contributed by atoms with E-state index in [1.807, 2.05) is 12.1 Å². The van der Waals surface area contributed by atoms with Crippen LogP contribution < -0.4 is 15.0 Å². The highest BCUT2D eigenvalue weighted by atomic mass is 16.6. The largest absolute Gasteiger partial charge is 0.419 e. The first-order chi connectivity index (χ1) is 12.5. The molecule has 0 atom stereocenters. The van der Waals surface area contributed by atoms with Crippen LogP contribution in [0.15, 0.2) is 54.6 Å².